The fourth-order valence-corrected chi connectivity index (χ4v) is 2.82. The number of nitrogens with zero attached hydrogens (tertiary/aromatic N) is 1. The van der Waals surface area contributed by atoms with Crippen LogP contribution in [0.5, 0.6) is 0 Å². The van der Waals surface area contributed by atoms with Gasteiger partial charge in [-0.1, -0.05) is 6.92 Å². The first kappa shape index (κ1) is 13.6. The summed E-state index contributed by atoms with van der Waals surface area (Å²) in [6.45, 7) is 8.70. The molecule has 2 N–H and O–H groups in total. The summed E-state index contributed by atoms with van der Waals surface area (Å²) in [4.78, 5) is 5.85. The van der Waals surface area contributed by atoms with Crippen LogP contribution in [0.15, 0.2) is 0 Å². The maximum absolute atomic E-state index is 8.87. The fourth-order valence-electron chi connectivity index (χ4n) is 1.80. The van der Waals surface area contributed by atoms with Crippen LogP contribution in [-0.2, 0) is 6.42 Å². The molecule has 3 nitrogen and oxygen atoms in total. The molecule has 0 radical (unpaired) electrons. The summed E-state index contributed by atoms with van der Waals surface area (Å²) in [5.41, 5.74) is 1.14. The first-order valence-electron chi connectivity index (χ1n) is 5.91. The van der Waals surface area contributed by atoms with E-state index in [1.54, 1.807) is 11.3 Å². The van der Waals surface area contributed by atoms with E-state index in [2.05, 4.69) is 38.0 Å². The molecule has 0 bridgehead atoms. The Hall–Kier alpha value is -0.450. The van der Waals surface area contributed by atoms with E-state index in [1.165, 1.54) is 9.88 Å². The molecule has 16 heavy (non-hydrogen) atoms. The molecule has 0 saturated heterocycles. The second-order valence-electron chi connectivity index (χ2n) is 4.21. The summed E-state index contributed by atoms with van der Waals surface area (Å²) in [7, 11) is 0. The van der Waals surface area contributed by atoms with Gasteiger partial charge in [0.05, 0.1) is 10.7 Å². The van der Waals surface area contributed by atoms with Crippen LogP contribution in [0.4, 0.5) is 0 Å². The van der Waals surface area contributed by atoms with Gasteiger partial charge in [-0.25, -0.2) is 4.98 Å². The molecular formula is C12H22N2OS. The lowest BCUT2D eigenvalue weighted by Crippen LogP contribution is -2.29. The van der Waals surface area contributed by atoms with Gasteiger partial charge in [-0.05, 0) is 33.6 Å². The number of aromatic nitrogens is 1. The average Bonchev–Trinajstić information content (AvgIpc) is 2.60. The van der Waals surface area contributed by atoms with Gasteiger partial charge >= 0.3 is 0 Å². The molecule has 92 valence electrons. The van der Waals surface area contributed by atoms with E-state index >= 15 is 0 Å². The van der Waals surface area contributed by atoms with Crippen LogP contribution in [0.1, 0.15) is 48.8 Å². The van der Waals surface area contributed by atoms with Gasteiger partial charge in [0.25, 0.3) is 0 Å². The smallest absolute Gasteiger partial charge is 0.0928 e. The van der Waals surface area contributed by atoms with Gasteiger partial charge in [-0.3, -0.25) is 0 Å². The van der Waals surface area contributed by atoms with Crippen LogP contribution in [-0.4, -0.2) is 22.7 Å². The molecule has 0 amide bonds. The highest BCUT2D eigenvalue weighted by Crippen LogP contribution is 2.25. The highest BCUT2D eigenvalue weighted by atomic mass is 32.1. The molecule has 1 aromatic rings. The minimum atomic E-state index is 0.239. The van der Waals surface area contributed by atoms with Gasteiger partial charge in [0.1, 0.15) is 0 Å². The minimum Gasteiger partial charge on any atom is -0.396 e. The fraction of sp³-hybridized carbons (Fsp3) is 0.750. The van der Waals surface area contributed by atoms with Gasteiger partial charge in [0.15, 0.2) is 0 Å². The Labute approximate surface area is 102 Å². The van der Waals surface area contributed by atoms with Crippen molar-refractivity contribution in [2.24, 2.45) is 0 Å². The highest BCUT2D eigenvalue weighted by Gasteiger charge is 2.15. The third-order valence-electron chi connectivity index (χ3n) is 2.67. The van der Waals surface area contributed by atoms with E-state index in [0.29, 0.717) is 12.1 Å². The normalized spacial score (nSPS) is 15.1. The lowest BCUT2D eigenvalue weighted by molar-refractivity contribution is 0.265. The van der Waals surface area contributed by atoms with Crippen molar-refractivity contribution in [3.63, 3.8) is 0 Å². The van der Waals surface area contributed by atoms with Crippen molar-refractivity contribution < 1.29 is 5.11 Å². The van der Waals surface area contributed by atoms with Crippen LogP contribution in [0.25, 0.3) is 0 Å². The van der Waals surface area contributed by atoms with Crippen LogP contribution in [0.2, 0.25) is 0 Å². The molecular weight excluding hydrogens is 220 g/mol. The van der Waals surface area contributed by atoms with Crippen LogP contribution in [0.3, 0.4) is 0 Å². The quantitative estimate of drug-likeness (QED) is 0.805. The highest BCUT2D eigenvalue weighted by molar-refractivity contribution is 7.11. The molecule has 0 aliphatic heterocycles. The molecule has 1 rings (SSSR count). The molecule has 4 heteroatoms. The Morgan fingerprint density at radius 3 is 2.62 bits per heavy atom. The predicted molar refractivity (Wildman–Crippen MR) is 68.9 cm³/mol. The summed E-state index contributed by atoms with van der Waals surface area (Å²) < 4.78 is 0. The number of rotatable bonds is 6. The van der Waals surface area contributed by atoms with Crippen LogP contribution in [0, 0.1) is 6.92 Å². The summed E-state index contributed by atoms with van der Waals surface area (Å²) in [6.07, 6.45) is 1.80. The third-order valence-corrected chi connectivity index (χ3v) is 4.15. The summed E-state index contributed by atoms with van der Waals surface area (Å²) in [5, 5.41) is 13.6. The molecule has 2 unspecified atom stereocenters. The van der Waals surface area contributed by atoms with Crippen molar-refractivity contribution in [1.82, 2.24) is 10.3 Å². The van der Waals surface area contributed by atoms with Crippen molar-refractivity contribution in [3.05, 3.63) is 15.6 Å². The largest absolute Gasteiger partial charge is 0.396 e. The zero-order valence-corrected chi connectivity index (χ0v) is 11.4. The second-order valence-corrected chi connectivity index (χ2v) is 5.33. The topological polar surface area (TPSA) is 45.2 Å². The zero-order valence-electron chi connectivity index (χ0n) is 10.6. The SMILES string of the molecule is CCc1nc(C)c(C(C)NC(C)CCO)s1. The van der Waals surface area contributed by atoms with Gasteiger partial charge in [0, 0.05) is 23.6 Å². The van der Waals surface area contributed by atoms with E-state index in [9.17, 15) is 0 Å². The average molecular weight is 242 g/mol. The van der Waals surface area contributed by atoms with Crippen molar-refractivity contribution in [1.29, 1.82) is 0 Å². The van der Waals surface area contributed by atoms with E-state index in [1.807, 2.05) is 0 Å². The Morgan fingerprint density at radius 2 is 2.12 bits per heavy atom. The second kappa shape index (κ2) is 6.33. The molecule has 1 heterocycles. The minimum absolute atomic E-state index is 0.239. The maximum atomic E-state index is 8.87. The summed E-state index contributed by atoms with van der Waals surface area (Å²) >= 11 is 1.79. The van der Waals surface area contributed by atoms with Crippen LogP contribution < -0.4 is 5.32 Å². The first-order valence-corrected chi connectivity index (χ1v) is 6.73. The molecule has 1 aromatic heterocycles. The molecule has 0 saturated carbocycles. The number of hydrogen-bond acceptors (Lipinski definition) is 4. The van der Waals surface area contributed by atoms with Crippen LogP contribution >= 0.6 is 11.3 Å². The van der Waals surface area contributed by atoms with E-state index < -0.39 is 0 Å². The molecule has 0 aliphatic rings. The van der Waals surface area contributed by atoms with E-state index in [-0.39, 0.29) is 6.61 Å². The van der Waals surface area contributed by atoms with Crippen molar-refractivity contribution in [2.45, 2.75) is 52.6 Å². The molecule has 0 aromatic carbocycles. The van der Waals surface area contributed by atoms with E-state index in [0.717, 1.165) is 18.5 Å². The molecule has 0 spiro atoms. The Kier molecular flexibility index (Phi) is 5.38. The molecule has 0 fully saturated rings. The van der Waals surface area contributed by atoms with Crippen molar-refractivity contribution in [3.8, 4) is 0 Å². The number of aliphatic hydroxyl groups is 1. The van der Waals surface area contributed by atoms with Gasteiger partial charge in [-0.2, -0.15) is 0 Å². The number of thiazole rings is 1. The number of hydrogen-bond donors (Lipinski definition) is 2. The molecule has 0 aliphatic carbocycles. The monoisotopic (exact) mass is 242 g/mol. The molecule has 2 atom stereocenters. The standard InChI is InChI=1S/C12H22N2OS/c1-5-11-14-10(4)12(16-11)9(3)13-8(2)6-7-15/h8-9,13,15H,5-7H2,1-4H3. The van der Waals surface area contributed by atoms with Gasteiger partial charge in [0.2, 0.25) is 0 Å². The summed E-state index contributed by atoms with van der Waals surface area (Å²) in [6, 6.07) is 0.658. The zero-order chi connectivity index (χ0) is 12.1. The lowest BCUT2D eigenvalue weighted by atomic mass is 10.2. The van der Waals surface area contributed by atoms with E-state index in [4.69, 9.17) is 5.11 Å². The number of aliphatic hydroxyl groups excluding tert-OH is 1. The van der Waals surface area contributed by atoms with Crippen molar-refractivity contribution in [2.75, 3.05) is 6.61 Å². The lowest BCUT2D eigenvalue weighted by Gasteiger charge is -2.18. The number of aryl methyl sites for hydroxylation is 2. The Morgan fingerprint density at radius 1 is 1.44 bits per heavy atom. The number of nitrogens with one attached hydrogen (secondary N) is 1. The predicted octanol–water partition coefficient (Wildman–Crippen LogP) is 2.44. The Bertz CT molecular complexity index is 325. The maximum Gasteiger partial charge on any atom is 0.0928 e. The summed E-state index contributed by atoms with van der Waals surface area (Å²) in [5.74, 6) is 0. The first-order chi connectivity index (χ1) is 7.58. The third kappa shape index (κ3) is 3.54. The van der Waals surface area contributed by atoms with Gasteiger partial charge < -0.3 is 10.4 Å². The van der Waals surface area contributed by atoms with Crippen molar-refractivity contribution >= 4 is 11.3 Å². The van der Waals surface area contributed by atoms with Gasteiger partial charge in [-0.15, -0.1) is 11.3 Å². The Balaban J connectivity index is 2.64.